The van der Waals surface area contributed by atoms with Gasteiger partial charge in [0.2, 0.25) is 0 Å². The fourth-order valence-electron chi connectivity index (χ4n) is 1.74. The fraction of sp³-hybridized carbons (Fsp3) is 0.500. The molecule has 2 N–H and O–H groups in total. The summed E-state index contributed by atoms with van der Waals surface area (Å²) in [5.74, 6) is -1.27. The fourth-order valence-corrected chi connectivity index (χ4v) is 1.74. The Morgan fingerprint density at radius 2 is 1.83 bits per heavy atom. The van der Waals surface area contributed by atoms with Crippen molar-refractivity contribution in [1.82, 2.24) is 15.3 Å². The lowest BCUT2D eigenvalue weighted by atomic mass is 9.88. The molecule has 0 aliphatic carbocycles. The number of amides is 1. The third-order valence-corrected chi connectivity index (χ3v) is 3.04. The smallest absolute Gasteiger partial charge is 0.305 e. The molecule has 1 aromatic heterocycles. The summed E-state index contributed by atoms with van der Waals surface area (Å²) in [5.41, 5.74) is -0.396. The van der Waals surface area contributed by atoms with Crippen LogP contribution < -0.4 is 5.32 Å². The second-order valence-corrected chi connectivity index (χ2v) is 4.14. The van der Waals surface area contributed by atoms with E-state index in [0.29, 0.717) is 18.4 Å². The first kappa shape index (κ1) is 14.1. The average molecular weight is 251 g/mol. The van der Waals surface area contributed by atoms with Gasteiger partial charge in [0.25, 0.3) is 5.91 Å². The molecular formula is C12H17N3O3. The van der Waals surface area contributed by atoms with Crippen LogP contribution in [0.15, 0.2) is 18.7 Å². The third-order valence-electron chi connectivity index (χ3n) is 3.04. The Labute approximate surface area is 105 Å². The quantitative estimate of drug-likeness (QED) is 0.793. The molecule has 0 radical (unpaired) electrons. The molecule has 0 aliphatic heterocycles. The molecule has 0 saturated carbocycles. The van der Waals surface area contributed by atoms with Crippen molar-refractivity contribution in [3.05, 3.63) is 24.3 Å². The predicted molar refractivity (Wildman–Crippen MR) is 65.1 cm³/mol. The molecule has 1 rings (SSSR count). The Morgan fingerprint density at radius 3 is 2.28 bits per heavy atom. The molecule has 0 aromatic carbocycles. The van der Waals surface area contributed by atoms with Crippen LogP contribution in [0, 0.1) is 0 Å². The van der Waals surface area contributed by atoms with Crippen LogP contribution in [0.2, 0.25) is 0 Å². The second kappa shape index (κ2) is 6.09. The van der Waals surface area contributed by atoms with E-state index in [9.17, 15) is 9.59 Å². The summed E-state index contributed by atoms with van der Waals surface area (Å²) < 4.78 is 0. The predicted octanol–water partition coefficient (Wildman–Crippen LogP) is 1.24. The van der Waals surface area contributed by atoms with E-state index < -0.39 is 11.5 Å². The molecular weight excluding hydrogens is 234 g/mol. The van der Waals surface area contributed by atoms with Crippen LogP contribution in [0.4, 0.5) is 0 Å². The van der Waals surface area contributed by atoms with Crippen molar-refractivity contribution in [2.24, 2.45) is 0 Å². The molecule has 0 bridgehead atoms. The van der Waals surface area contributed by atoms with Gasteiger partial charge in [-0.15, -0.1) is 0 Å². The summed E-state index contributed by atoms with van der Waals surface area (Å²) in [6.45, 7) is 3.71. The second-order valence-electron chi connectivity index (χ2n) is 4.14. The van der Waals surface area contributed by atoms with E-state index in [1.54, 1.807) is 0 Å². The van der Waals surface area contributed by atoms with E-state index >= 15 is 0 Å². The summed E-state index contributed by atoms with van der Waals surface area (Å²) in [6, 6.07) is 0. The van der Waals surface area contributed by atoms with Crippen molar-refractivity contribution in [2.75, 3.05) is 0 Å². The van der Waals surface area contributed by atoms with Crippen molar-refractivity contribution in [3.8, 4) is 0 Å². The van der Waals surface area contributed by atoms with Crippen LogP contribution in [0.3, 0.4) is 0 Å². The first-order valence-corrected chi connectivity index (χ1v) is 5.82. The Hall–Kier alpha value is -1.98. The number of aromatic nitrogens is 2. The maximum Gasteiger partial charge on any atom is 0.305 e. The number of carboxylic acids is 1. The normalized spacial score (nSPS) is 11.0. The Kier molecular flexibility index (Phi) is 4.76. The summed E-state index contributed by atoms with van der Waals surface area (Å²) in [7, 11) is 0. The molecule has 0 fully saturated rings. The highest BCUT2D eigenvalue weighted by molar-refractivity contribution is 5.94. The maximum atomic E-state index is 12.0. The van der Waals surface area contributed by atoms with Crippen molar-refractivity contribution in [2.45, 2.75) is 38.6 Å². The van der Waals surface area contributed by atoms with Crippen LogP contribution in [-0.2, 0) is 4.79 Å². The number of aliphatic carboxylic acids is 1. The lowest BCUT2D eigenvalue weighted by Gasteiger charge is -2.31. The molecule has 1 amide bonds. The first-order valence-electron chi connectivity index (χ1n) is 5.82. The van der Waals surface area contributed by atoms with Crippen LogP contribution in [-0.4, -0.2) is 32.5 Å². The Balaban J connectivity index is 2.84. The monoisotopic (exact) mass is 251 g/mol. The van der Waals surface area contributed by atoms with Crippen LogP contribution in [0.25, 0.3) is 0 Å². The summed E-state index contributed by atoms with van der Waals surface area (Å²) in [4.78, 5) is 30.4. The summed E-state index contributed by atoms with van der Waals surface area (Å²) in [5, 5.41) is 11.7. The van der Waals surface area contributed by atoms with Crippen LogP contribution >= 0.6 is 0 Å². The molecule has 6 heteroatoms. The number of rotatable bonds is 6. The van der Waals surface area contributed by atoms with Gasteiger partial charge in [0, 0.05) is 12.4 Å². The molecule has 1 heterocycles. The number of carbonyl (C=O) groups excluding carboxylic acids is 1. The maximum absolute atomic E-state index is 12.0. The van der Waals surface area contributed by atoms with Gasteiger partial charge in [-0.2, -0.15) is 0 Å². The third kappa shape index (κ3) is 3.51. The zero-order valence-corrected chi connectivity index (χ0v) is 10.5. The lowest BCUT2D eigenvalue weighted by Crippen LogP contribution is -2.49. The zero-order chi connectivity index (χ0) is 13.6. The molecule has 0 aliphatic rings. The Morgan fingerprint density at radius 1 is 1.28 bits per heavy atom. The molecule has 18 heavy (non-hydrogen) atoms. The van der Waals surface area contributed by atoms with E-state index in [2.05, 4.69) is 15.3 Å². The first-order chi connectivity index (χ1) is 8.53. The van der Waals surface area contributed by atoms with E-state index in [-0.39, 0.29) is 12.3 Å². The summed E-state index contributed by atoms with van der Waals surface area (Å²) in [6.07, 6.45) is 5.14. The molecule has 1 aromatic rings. The zero-order valence-electron chi connectivity index (χ0n) is 10.5. The van der Waals surface area contributed by atoms with Crippen molar-refractivity contribution in [1.29, 1.82) is 0 Å². The minimum Gasteiger partial charge on any atom is -0.481 e. The van der Waals surface area contributed by atoms with Gasteiger partial charge in [0.1, 0.15) is 6.33 Å². The van der Waals surface area contributed by atoms with Gasteiger partial charge in [-0.25, -0.2) is 9.97 Å². The van der Waals surface area contributed by atoms with E-state index in [1.807, 2.05) is 13.8 Å². The van der Waals surface area contributed by atoms with Gasteiger partial charge in [0.05, 0.1) is 17.5 Å². The highest BCUT2D eigenvalue weighted by atomic mass is 16.4. The minimum absolute atomic E-state index is 0.0978. The molecule has 0 saturated heterocycles. The lowest BCUT2D eigenvalue weighted by molar-refractivity contribution is -0.138. The van der Waals surface area contributed by atoms with Crippen molar-refractivity contribution < 1.29 is 14.7 Å². The molecule has 98 valence electrons. The number of hydrogen-bond acceptors (Lipinski definition) is 4. The number of carbonyl (C=O) groups is 2. The van der Waals surface area contributed by atoms with Gasteiger partial charge < -0.3 is 10.4 Å². The number of nitrogens with one attached hydrogen (secondary N) is 1. The van der Waals surface area contributed by atoms with Crippen molar-refractivity contribution in [3.63, 3.8) is 0 Å². The topological polar surface area (TPSA) is 92.2 Å². The standard InChI is InChI=1S/C12H17N3O3/c1-3-12(4-2,5-10(16)17)15-11(18)9-6-13-8-14-7-9/h6-8H,3-5H2,1-2H3,(H,15,18)(H,16,17). The van der Waals surface area contributed by atoms with Crippen molar-refractivity contribution >= 4 is 11.9 Å². The van der Waals surface area contributed by atoms with Gasteiger partial charge in [-0.3, -0.25) is 9.59 Å². The largest absolute Gasteiger partial charge is 0.481 e. The molecule has 6 nitrogen and oxygen atoms in total. The Bertz CT molecular complexity index is 416. The van der Waals surface area contributed by atoms with Crippen LogP contribution in [0.1, 0.15) is 43.5 Å². The highest BCUT2D eigenvalue weighted by Crippen LogP contribution is 2.20. The molecule has 0 atom stereocenters. The average Bonchev–Trinajstić information content (AvgIpc) is 2.38. The summed E-state index contributed by atoms with van der Waals surface area (Å²) >= 11 is 0. The van der Waals surface area contributed by atoms with Gasteiger partial charge in [0.15, 0.2) is 0 Å². The van der Waals surface area contributed by atoms with E-state index in [4.69, 9.17) is 5.11 Å². The number of hydrogen-bond donors (Lipinski definition) is 2. The van der Waals surface area contributed by atoms with Gasteiger partial charge in [-0.05, 0) is 12.8 Å². The highest BCUT2D eigenvalue weighted by Gasteiger charge is 2.31. The molecule has 0 unspecified atom stereocenters. The van der Waals surface area contributed by atoms with E-state index in [0.717, 1.165) is 0 Å². The van der Waals surface area contributed by atoms with Gasteiger partial charge >= 0.3 is 5.97 Å². The van der Waals surface area contributed by atoms with Gasteiger partial charge in [-0.1, -0.05) is 13.8 Å². The number of nitrogens with zero attached hydrogens (tertiary/aromatic N) is 2. The van der Waals surface area contributed by atoms with Crippen LogP contribution in [0.5, 0.6) is 0 Å². The molecule has 0 spiro atoms. The SMILES string of the molecule is CCC(CC)(CC(=O)O)NC(=O)c1cncnc1. The van der Waals surface area contributed by atoms with E-state index in [1.165, 1.54) is 18.7 Å². The minimum atomic E-state index is -0.927. The number of carboxylic acid groups (broad SMARTS) is 1.